The molecule has 29 heavy (non-hydrogen) atoms. The van der Waals surface area contributed by atoms with E-state index in [2.05, 4.69) is 5.32 Å². The van der Waals surface area contributed by atoms with Crippen molar-refractivity contribution in [3.63, 3.8) is 0 Å². The Hall–Kier alpha value is -2.58. The Morgan fingerprint density at radius 2 is 1.76 bits per heavy atom. The molecule has 2 N–H and O–H groups in total. The van der Waals surface area contributed by atoms with E-state index in [1.165, 1.54) is 0 Å². The molecule has 0 aliphatic carbocycles. The van der Waals surface area contributed by atoms with Crippen LogP contribution in [0, 0.1) is 0 Å². The molecule has 158 valence electrons. The minimum absolute atomic E-state index is 0.0609. The van der Waals surface area contributed by atoms with Gasteiger partial charge in [-0.25, -0.2) is 0 Å². The fraction of sp³-hybridized carbons (Fsp3) is 0.381. The number of anilines is 1. The number of carbonyl (C=O) groups is 1. The molecule has 2 aromatic rings. The SMILES string of the molecule is CCOC(CC(=O)O)c1ccc(NCCCc2ccc(OS(C)(=O)=O)cc2)cc1. The summed E-state index contributed by atoms with van der Waals surface area (Å²) in [5, 5.41) is 12.3. The summed E-state index contributed by atoms with van der Waals surface area (Å²) < 4.78 is 32.6. The van der Waals surface area contributed by atoms with Crippen LogP contribution >= 0.6 is 0 Å². The second kappa shape index (κ2) is 10.8. The minimum atomic E-state index is -3.51. The number of hydrogen-bond donors (Lipinski definition) is 2. The van der Waals surface area contributed by atoms with Crippen LogP contribution in [0.5, 0.6) is 5.75 Å². The van der Waals surface area contributed by atoms with E-state index in [9.17, 15) is 13.2 Å². The van der Waals surface area contributed by atoms with Crippen LogP contribution in [0.15, 0.2) is 48.5 Å². The summed E-state index contributed by atoms with van der Waals surface area (Å²) in [6.45, 7) is 3.07. The normalized spacial score (nSPS) is 12.3. The van der Waals surface area contributed by atoms with Gasteiger partial charge >= 0.3 is 16.1 Å². The second-order valence-electron chi connectivity index (χ2n) is 6.63. The Kier molecular flexibility index (Phi) is 8.48. The average molecular weight is 422 g/mol. The van der Waals surface area contributed by atoms with E-state index in [1.54, 1.807) is 12.1 Å². The first-order valence-electron chi connectivity index (χ1n) is 9.42. The van der Waals surface area contributed by atoms with Crippen LogP contribution in [0.2, 0.25) is 0 Å². The molecule has 0 aromatic heterocycles. The average Bonchev–Trinajstić information content (AvgIpc) is 2.65. The van der Waals surface area contributed by atoms with Crippen LogP contribution in [-0.2, 0) is 26.1 Å². The first-order valence-corrected chi connectivity index (χ1v) is 11.2. The molecular formula is C21H27NO6S. The summed E-state index contributed by atoms with van der Waals surface area (Å²) >= 11 is 0. The number of carboxylic acid groups (broad SMARTS) is 1. The van der Waals surface area contributed by atoms with Gasteiger partial charge in [0, 0.05) is 18.8 Å². The maximum Gasteiger partial charge on any atom is 0.306 e. The minimum Gasteiger partial charge on any atom is -0.481 e. The molecule has 0 radical (unpaired) electrons. The summed E-state index contributed by atoms with van der Waals surface area (Å²) in [6.07, 6.45) is 2.25. The number of ether oxygens (including phenoxy) is 1. The molecule has 0 aliphatic heterocycles. The standard InChI is InChI=1S/C21H27NO6S/c1-3-27-20(15-21(23)24)17-8-10-18(11-9-17)22-14-4-5-16-6-12-19(13-7-16)28-29(2,25)26/h6-13,20,22H,3-5,14-15H2,1-2H3,(H,23,24). The highest BCUT2D eigenvalue weighted by molar-refractivity contribution is 7.86. The predicted octanol–water partition coefficient (Wildman–Crippen LogP) is 3.62. The molecule has 0 fully saturated rings. The van der Waals surface area contributed by atoms with E-state index in [-0.39, 0.29) is 6.42 Å². The molecule has 1 unspecified atom stereocenters. The first kappa shape index (κ1) is 22.7. The molecule has 1 atom stereocenters. The zero-order valence-corrected chi connectivity index (χ0v) is 17.4. The smallest absolute Gasteiger partial charge is 0.306 e. The molecule has 2 aromatic carbocycles. The van der Waals surface area contributed by atoms with E-state index >= 15 is 0 Å². The number of carboxylic acids is 1. The van der Waals surface area contributed by atoms with Gasteiger partial charge < -0.3 is 19.3 Å². The van der Waals surface area contributed by atoms with Crippen molar-refractivity contribution in [2.75, 3.05) is 24.7 Å². The van der Waals surface area contributed by atoms with Gasteiger partial charge in [-0.15, -0.1) is 0 Å². The van der Waals surface area contributed by atoms with Crippen LogP contribution < -0.4 is 9.50 Å². The molecule has 0 aliphatic rings. The van der Waals surface area contributed by atoms with Gasteiger partial charge in [0.15, 0.2) is 0 Å². The zero-order chi connectivity index (χ0) is 21.3. The van der Waals surface area contributed by atoms with Crippen molar-refractivity contribution < 1.29 is 27.2 Å². The Labute approximate surface area is 171 Å². The fourth-order valence-electron chi connectivity index (χ4n) is 2.86. The Morgan fingerprint density at radius 3 is 2.31 bits per heavy atom. The van der Waals surface area contributed by atoms with Crippen molar-refractivity contribution >= 4 is 21.8 Å². The molecule has 0 heterocycles. The van der Waals surface area contributed by atoms with Gasteiger partial charge in [0.1, 0.15) is 5.75 Å². The highest BCUT2D eigenvalue weighted by Crippen LogP contribution is 2.23. The third kappa shape index (κ3) is 8.53. The van der Waals surface area contributed by atoms with Crippen LogP contribution in [0.4, 0.5) is 5.69 Å². The van der Waals surface area contributed by atoms with Crippen molar-refractivity contribution in [2.45, 2.75) is 32.3 Å². The molecule has 0 spiro atoms. The van der Waals surface area contributed by atoms with Gasteiger partial charge in [0.2, 0.25) is 0 Å². The highest BCUT2D eigenvalue weighted by Gasteiger charge is 2.15. The quantitative estimate of drug-likeness (QED) is 0.399. The van der Waals surface area contributed by atoms with E-state index in [1.807, 2.05) is 43.3 Å². The topological polar surface area (TPSA) is 102 Å². The largest absolute Gasteiger partial charge is 0.481 e. The third-order valence-electron chi connectivity index (χ3n) is 4.15. The number of nitrogens with one attached hydrogen (secondary N) is 1. The molecule has 2 rings (SSSR count). The lowest BCUT2D eigenvalue weighted by Gasteiger charge is -2.16. The number of hydrogen-bond acceptors (Lipinski definition) is 6. The Balaban J connectivity index is 1.79. The van der Waals surface area contributed by atoms with Crippen molar-refractivity contribution in [3.05, 3.63) is 59.7 Å². The third-order valence-corrected chi connectivity index (χ3v) is 4.65. The zero-order valence-electron chi connectivity index (χ0n) is 16.6. The van der Waals surface area contributed by atoms with Gasteiger partial charge in [0.05, 0.1) is 18.8 Å². The summed E-state index contributed by atoms with van der Waals surface area (Å²) in [5.74, 6) is -0.579. The maximum atomic E-state index is 11.1. The molecule has 8 heteroatoms. The summed E-state index contributed by atoms with van der Waals surface area (Å²) in [6, 6.07) is 14.6. The first-order chi connectivity index (χ1) is 13.8. The lowest BCUT2D eigenvalue weighted by Crippen LogP contribution is -2.10. The summed E-state index contributed by atoms with van der Waals surface area (Å²) in [7, 11) is -3.51. The van der Waals surface area contributed by atoms with Crippen LogP contribution in [-0.4, -0.2) is 38.9 Å². The maximum absolute atomic E-state index is 11.1. The van der Waals surface area contributed by atoms with Crippen molar-refractivity contribution in [1.29, 1.82) is 0 Å². The monoisotopic (exact) mass is 421 g/mol. The summed E-state index contributed by atoms with van der Waals surface area (Å²) in [4.78, 5) is 11.0. The molecule has 0 saturated carbocycles. The number of benzene rings is 2. The highest BCUT2D eigenvalue weighted by atomic mass is 32.2. The molecule has 0 bridgehead atoms. The van der Waals surface area contributed by atoms with Crippen LogP contribution in [0.3, 0.4) is 0 Å². The van der Waals surface area contributed by atoms with E-state index < -0.39 is 22.2 Å². The molecular weight excluding hydrogens is 394 g/mol. The van der Waals surface area contributed by atoms with Crippen LogP contribution in [0.25, 0.3) is 0 Å². The Morgan fingerprint density at radius 1 is 1.10 bits per heavy atom. The lowest BCUT2D eigenvalue weighted by molar-refractivity contribution is -0.140. The van der Waals surface area contributed by atoms with Crippen molar-refractivity contribution in [2.24, 2.45) is 0 Å². The number of aryl methyl sites for hydroxylation is 1. The van der Waals surface area contributed by atoms with E-state index in [4.69, 9.17) is 14.0 Å². The number of aliphatic carboxylic acids is 1. The van der Waals surface area contributed by atoms with Crippen LogP contribution in [0.1, 0.15) is 37.0 Å². The van der Waals surface area contributed by atoms with Gasteiger partial charge in [-0.3, -0.25) is 4.79 Å². The van der Waals surface area contributed by atoms with Gasteiger partial charge in [0.25, 0.3) is 0 Å². The van der Waals surface area contributed by atoms with Gasteiger partial charge in [-0.05, 0) is 55.2 Å². The molecule has 7 nitrogen and oxygen atoms in total. The van der Waals surface area contributed by atoms with Gasteiger partial charge in [-0.2, -0.15) is 8.42 Å². The second-order valence-corrected chi connectivity index (χ2v) is 8.20. The van der Waals surface area contributed by atoms with E-state index in [0.29, 0.717) is 12.4 Å². The molecule has 0 amide bonds. The lowest BCUT2D eigenvalue weighted by atomic mass is 10.1. The summed E-state index contributed by atoms with van der Waals surface area (Å²) in [5.41, 5.74) is 2.89. The predicted molar refractivity (Wildman–Crippen MR) is 112 cm³/mol. The Bertz CT molecular complexity index is 878. The van der Waals surface area contributed by atoms with Crippen molar-refractivity contribution in [3.8, 4) is 5.75 Å². The van der Waals surface area contributed by atoms with E-state index in [0.717, 1.165) is 42.5 Å². The van der Waals surface area contributed by atoms with Crippen molar-refractivity contribution in [1.82, 2.24) is 0 Å². The fourth-order valence-corrected chi connectivity index (χ4v) is 3.32. The molecule has 0 saturated heterocycles. The van der Waals surface area contributed by atoms with Gasteiger partial charge in [-0.1, -0.05) is 24.3 Å². The number of rotatable bonds is 12.